The van der Waals surface area contributed by atoms with Crippen molar-refractivity contribution in [3.8, 4) is 0 Å². The Hall–Kier alpha value is -0.840. The summed E-state index contributed by atoms with van der Waals surface area (Å²) < 4.78 is 1.07. The zero-order valence-corrected chi connectivity index (χ0v) is 13.8. The van der Waals surface area contributed by atoms with Crippen LogP contribution in [0.4, 0.5) is 5.69 Å². The Balaban J connectivity index is 2.24. The fraction of sp³-hybridized carbons (Fsp3) is 0.333. The van der Waals surface area contributed by atoms with Crippen LogP contribution in [0.5, 0.6) is 0 Å². The molecule has 0 aliphatic rings. The van der Waals surface area contributed by atoms with Gasteiger partial charge < -0.3 is 10.6 Å². The highest BCUT2D eigenvalue weighted by Crippen LogP contribution is 2.32. The third kappa shape index (κ3) is 3.19. The van der Waals surface area contributed by atoms with E-state index in [1.54, 1.807) is 11.3 Å². The van der Waals surface area contributed by atoms with Crippen molar-refractivity contribution in [2.24, 2.45) is 5.73 Å². The Morgan fingerprint density at radius 1 is 1.26 bits per heavy atom. The third-order valence-electron chi connectivity index (χ3n) is 3.42. The van der Waals surface area contributed by atoms with Crippen molar-refractivity contribution in [3.63, 3.8) is 0 Å². The number of benzene rings is 1. The van der Waals surface area contributed by atoms with E-state index in [9.17, 15) is 0 Å². The maximum absolute atomic E-state index is 5.94. The predicted octanol–water partition coefficient (Wildman–Crippen LogP) is 4.73. The molecule has 19 heavy (non-hydrogen) atoms. The molecule has 2 nitrogen and oxygen atoms in total. The fourth-order valence-corrected chi connectivity index (χ4v) is 3.60. The van der Waals surface area contributed by atoms with E-state index in [4.69, 9.17) is 5.73 Å². The van der Waals surface area contributed by atoms with Gasteiger partial charge in [0.1, 0.15) is 0 Å². The molecular weight excluding hydrogens is 320 g/mol. The Labute approximate surface area is 127 Å². The van der Waals surface area contributed by atoms with Gasteiger partial charge in [-0.15, -0.1) is 11.3 Å². The maximum atomic E-state index is 5.94. The van der Waals surface area contributed by atoms with Gasteiger partial charge in [-0.05, 0) is 43.0 Å². The second-order valence-corrected chi connectivity index (χ2v) is 6.63. The number of nitrogens with two attached hydrogens (primary N) is 1. The summed E-state index contributed by atoms with van der Waals surface area (Å²) in [5.74, 6) is 0. The molecule has 0 amide bonds. The van der Waals surface area contributed by atoms with Crippen LogP contribution in [-0.4, -0.2) is 7.05 Å². The summed E-state index contributed by atoms with van der Waals surface area (Å²) in [6.45, 7) is 4.22. The van der Waals surface area contributed by atoms with Gasteiger partial charge in [0, 0.05) is 28.1 Å². The topological polar surface area (TPSA) is 29.3 Å². The fourth-order valence-electron chi connectivity index (χ4n) is 2.05. The zero-order chi connectivity index (χ0) is 14.0. The summed E-state index contributed by atoms with van der Waals surface area (Å²) in [5, 5.41) is 2.12. The maximum Gasteiger partial charge on any atom is 0.0603 e. The van der Waals surface area contributed by atoms with Gasteiger partial charge in [0.2, 0.25) is 0 Å². The lowest BCUT2D eigenvalue weighted by Gasteiger charge is -2.27. The first kappa shape index (κ1) is 14.6. The lowest BCUT2D eigenvalue weighted by molar-refractivity contribution is 0.752. The molecule has 0 saturated carbocycles. The predicted molar refractivity (Wildman–Crippen MR) is 87.9 cm³/mol. The first-order valence-electron chi connectivity index (χ1n) is 6.32. The minimum absolute atomic E-state index is 0.0449. The average molecular weight is 339 g/mol. The largest absolute Gasteiger partial charge is 0.367 e. The molecule has 2 rings (SSSR count). The number of hydrogen-bond acceptors (Lipinski definition) is 3. The van der Waals surface area contributed by atoms with E-state index in [0.717, 1.165) is 10.0 Å². The highest BCUT2D eigenvalue weighted by Gasteiger charge is 2.14. The van der Waals surface area contributed by atoms with Crippen LogP contribution in [0.2, 0.25) is 0 Å². The second-order valence-electron chi connectivity index (χ2n) is 4.80. The van der Waals surface area contributed by atoms with Crippen LogP contribution >= 0.6 is 27.3 Å². The minimum atomic E-state index is 0.0449. The Kier molecular flexibility index (Phi) is 4.66. The molecule has 4 heteroatoms. The van der Waals surface area contributed by atoms with Crippen molar-refractivity contribution in [3.05, 3.63) is 50.6 Å². The molecule has 0 spiro atoms. The second kappa shape index (κ2) is 6.07. The van der Waals surface area contributed by atoms with E-state index in [2.05, 4.69) is 70.5 Å². The molecule has 1 aromatic carbocycles. The molecular formula is C15H19BrN2S. The number of hydrogen-bond donors (Lipinski definition) is 1. The highest BCUT2D eigenvalue weighted by molar-refractivity contribution is 9.10. The van der Waals surface area contributed by atoms with Crippen molar-refractivity contribution in [1.29, 1.82) is 0 Å². The number of nitrogens with zero attached hydrogens (tertiary/aromatic N) is 1. The molecule has 1 unspecified atom stereocenters. The Bertz CT molecular complexity index is 537. The van der Waals surface area contributed by atoms with E-state index in [-0.39, 0.29) is 6.04 Å². The molecule has 2 N–H and O–H groups in total. The Morgan fingerprint density at radius 2 is 2.00 bits per heavy atom. The number of halogens is 1. The van der Waals surface area contributed by atoms with Gasteiger partial charge in [0.25, 0.3) is 0 Å². The molecule has 2 aromatic rings. The van der Waals surface area contributed by atoms with Crippen LogP contribution < -0.4 is 10.6 Å². The number of rotatable bonds is 4. The van der Waals surface area contributed by atoms with Crippen LogP contribution in [0.3, 0.4) is 0 Å². The van der Waals surface area contributed by atoms with Gasteiger partial charge in [-0.1, -0.05) is 28.1 Å². The SMILES string of the molecule is CC(c1cccs1)N(C)c1ccc([C@H](C)N)c(Br)c1. The summed E-state index contributed by atoms with van der Waals surface area (Å²) in [6, 6.07) is 11.1. The van der Waals surface area contributed by atoms with Crippen LogP contribution in [-0.2, 0) is 0 Å². The normalized spacial score (nSPS) is 14.2. The highest BCUT2D eigenvalue weighted by atomic mass is 79.9. The molecule has 0 bridgehead atoms. The average Bonchev–Trinajstić information content (AvgIpc) is 2.90. The van der Waals surface area contributed by atoms with Crippen LogP contribution in [0, 0.1) is 0 Å². The molecule has 0 saturated heterocycles. The first-order valence-corrected chi connectivity index (χ1v) is 7.99. The van der Waals surface area contributed by atoms with E-state index in [1.165, 1.54) is 10.6 Å². The molecule has 2 atom stereocenters. The molecule has 0 aliphatic heterocycles. The first-order chi connectivity index (χ1) is 9.00. The quantitative estimate of drug-likeness (QED) is 0.873. The lowest BCUT2D eigenvalue weighted by atomic mass is 10.1. The smallest absolute Gasteiger partial charge is 0.0603 e. The summed E-state index contributed by atoms with van der Waals surface area (Å²) >= 11 is 5.40. The van der Waals surface area contributed by atoms with Crippen molar-refractivity contribution < 1.29 is 0 Å². The molecule has 0 fully saturated rings. The molecule has 102 valence electrons. The number of thiophene rings is 1. The van der Waals surface area contributed by atoms with Gasteiger partial charge >= 0.3 is 0 Å². The van der Waals surface area contributed by atoms with E-state index >= 15 is 0 Å². The van der Waals surface area contributed by atoms with Crippen molar-refractivity contribution in [2.75, 3.05) is 11.9 Å². The van der Waals surface area contributed by atoms with Crippen LogP contribution in [0.15, 0.2) is 40.2 Å². The zero-order valence-electron chi connectivity index (χ0n) is 11.4. The van der Waals surface area contributed by atoms with Crippen molar-refractivity contribution in [2.45, 2.75) is 25.9 Å². The number of anilines is 1. The van der Waals surface area contributed by atoms with Crippen LogP contribution in [0.1, 0.15) is 36.4 Å². The summed E-state index contributed by atoms with van der Waals surface area (Å²) in [4.78, 5) is 3.65. The van der Waals surface area contributed by atoms with Crippen molar-refractivity contribution in [1.82, 2.24) is 0 Å². The summed E-state index contributed by atoms with van der Waals surface area (Å²) in [5.41, 5.74) is 8.27. The van der Waals surface area contributed by atoms with Crippen LogP contribution in [0.25, 0.3) is 0 Å². The van der Waals surface area contributed by atoms with E-state index in [1.807, 2.05) is 6.92 Å². The molecule has 1 heterocycles. The molecule has 1 aromatic heterocycles. The van der Waals surface area contributed by atoms with Gasteiger partial charge in [-0.25, -0.2) is 0 Å². The third-order valence-corrected chi connectivity index (χ3v) is 5.15. The summed E-state index contributed by atoms with van der Waals surface area (Å²) in [7, 11) is 2.12. The van der Waals surface area contributed by atoms with E-state index < -0.39 is 0 Å². The standard InChI is InChI=1S/C15H19BrN2S/c1-10(17)13-7-6-12(9-14(13)16)18(3)11(2)15-5-4-8-19-15/h4-11H,17H2,1-3H3/t10-,11?/m0/s1. The van der Waals surface area contributed by atoms with Gasteiger partial charge in [0.15, 0.2) is 0 Å². The summed E-state index contributed by atoms with van der Waals surface area (Å²) in [6.07, 6.45) is 0. The lowest BCUT2D eigenvalue weighted by Crippen LogP contribution is -2.21. The van der Waals surface area contributed by atoms with E-state index in [0.29, 0.717) is 6.04 Å². The van der Waals surface area contributed by atoms with Gasteiger partial charge in [-0.2, -0.15) is 0 Å². The van der Waals surface area contributed by atoms with Gasteiger partial charge in [-0.3, -0.25) is 0 Å². The van der Waals surface area contributed by atoms with Crippen molar-refractivity contribution >= 4 is 33.0 Å². The van der Waals surface area contributed by atoms with Gasteiger partial charge in [0.05, 0.1) is 6.04 Å². The Morgan fingerprint density at radius 3 is 2.53 bits per heavy atom. The molecule has 0 radical (unpaired) electrons. The molecule has 0 aliphatic carbocycles. The monoisotopic (exact) mass is 338 g/mol. The minimum Gasteiger partial charge on any atom is -0.367 e.